The molecule has 2 aromatic carbocycles. The van der Waals surface area contributed by atoms with Crippen LogP contribution in [-0.4, -0.2) is 42.0 Å². The maximum Gasteiger partial charge on any atom is 0.416 e. The van der Waals surface area contributed by atoms with Crippen molar-refractivity contribution in [3.8, 4) is 0 Å². The standard InChI is InChI=1S/C25H29F3N6O2/c26-25(27,28)18-7-5-15(6-8-18)10-22(34-23(35)20(31)9-16(12-29)13-30)24(36)33-19-11-17-3-1-2-4-21(17)32-14-19/h1-8,11,14,16,20,22H,9-10,12-13,29-31H2,(H,33,36)(H,34,35). The van der Waals surface area contributed by atoms with Crippen molar-refractivity contribution >= 4 is 28.4 Å². The van der Waals surface area contributed by atoms with Crippen molar-refractivity contribution in [1.29, 1.82) is 0 Å². The van der Waals surface area contributed by atoms with Gasteiger partial charge in [0.1, 0.15) is 6.04 Å². The van der Waals surface area contributed by atoms with Gasteiger partial charge in [-0.2, -0.15) is 13.2 Å². The summed E-state index contributed by atoms with van der Waals surface area (Å²) >= 11 is 0. The highest BCUT2D eigenvalue weighted by molar-refractivity contribution is 5.99. The predicted octanol–water partition coefficient (Wildman–Crippen LogP) is 2.17. The number of rotatable bonds is 10. The molecule has 1 heterocycles. The first-order valence-corrected chi connectivity index (χ1v) is 11.4. The minimum Gasteiger partial charge on any atom is -0.343 e. The Labute approximate surface area is 206 Å². The van der Waals surface area contributed by atoms with E-state index in [4.69, 9.17) is 17.2 Å². The highest BCUT2D eigenvalue weighted by Crippen LogP contribution is 2.29. The van der Waals surface area contributed by atoms with E-state index >= 15 is 0 Å². The topological polar surface area (TPSA) is 149 Å². The third-order valence-electron chi connectivity index (χ3n) is 5.80. The van der Waals surface area contributed by atoms with Gasteiger partial charge < -0.3 is 27.8 Å². The summed E-state index contributed by atoms with van der Waals surface area (Å²) in [6, 6.07) is 11.4. The molecular weight excluding hydrogens is 473 g/mol. The van der Waals surface area contributed by atoms with E-state index in [9.17, 15) is 22.8 Å². The smallest absolute Gasteiger partial charge is 0.343 e. The summed E-state index contributed by atoms with van der Waals surface area (Å²) in [5.74, 6) is -1.33. The molecule has 1 aromatic heterocycles. The lowest BCUT2D eigenvalue weighted by atomic mass is 9.99. The number of benzene rings is 2. The molecule has 8 nitrogen and oxygen atoms in total. The van der Waals surface area contributed by atoms with Gasteiger partial charge in [0.25, 0.3) is 0 Å². The molecule has 2 atom stereocenters. The number of carbonyl (C=O) groups is 2. The molecule has 8 N–H and O–H groups in total. The summed E-state index contributed by atoms with van der Waals surface area (Å²) in [7, 11) is 0. The monoisotopic (exact) mass is 502 g/mol. The molecule has 3 aromatic rings. The van der Waals surface area contributed by atoms with E-state index in [1.165, 1.54) is 18.3 Å². The van der Waals surface area contributed by atoms with Gasteiger partial charge in [-0.3, -0.25) is 14.6 Å². The number of para-hydroxylation sites is 1. The average molecular weight is 503 g/mol. The number of nitrogens with one attached hydrogen (secondary N) is 2. The Morgan fingerprint density at radius 1 is 0.972 bits per heavy atom. The highest BCUT2D eigenvalue weighted by atomic mass is 19.4. The Bertz CT molecular complexity index is 1180. The maximum atomic E-state index is 13.2. The van der Waals surface area contributed by atoms with Crippen LogP contribution in [0.1, 0.15) is 17.5 Å². The van der Waals surface area contributed by atoms with E-state index in [1.54, 1.807) is 6.07 Å². The van der Waals surface area contributed by atoms with Gasteiger partial charge in [-0.25, -0.2) is 0 Å². The van der Waals surface area contributed by atoms with Crippen LogP contribution in [0.3, 0.4) is 0 Å². The molecule has 0 radical (unpaired) electrons. The molecule has 0 saturated carbocycles. The van der Waals surface area contributed by atoms with Crippen LogP contribution >= 0.6 is 0 Å². The number of amides is 2. The minimum atomic E-state index is -4.48. The first kappa shape index (κ1) is 27.1. The Kier molecular flexibility index (Phi) is 8.97. The van der Waals surface area contributed by atoms with Gasteiger partial charge in [-0.05, 0) is 55.3 Å². The number of alkyl halides is 3. The zero-order chi connectivity index (χ0) is 26.3. The van der Waals surface area contributed by atoms with Gasteiger partial charge in [0.2, 0.25) is 11.8 Å². The Morgan fingerprint density at radius 2 is 1.64 bits per heavy atom. The summed E-state index contributed by atoms with van der Waals surface area (Å²) in [6.45, 7) is 0.504. The number of pyridine rings is 1. The fourth-order valence-electron chi connectivity index (χ4n) is 3.68. The molecule has 11 heteroatoms. The van der Waals surface area contributed by atoms with Crippen LogP contribution in [0.25, 0.3) is 10.9 Å². The molecule has 0 spiro atoms. The lowest BCUT2D eigenvalue weighted by Gasteiger charge is -2.23. The molecule has 0 aliphatic rings. The number of aromatic nitrogens is 1. The van der Waals surface area contributed by atoms with Crippen molar-refractivity contribution in [1.82, 2.24) is 10.3 Å². The molecular formula is C25H29F3N6O2. The molecule has 36 heavy (non-hydrogen) atoms. The molecule has 0 aliphatic carbocycles. The van der Waals surface area contributed by atoms with E-state index in [2.05, 4.69) is 15.6 Å². The molecule has 0 fully saturated rings. The van der Waals surface area contributed by atoms with E-state index in [0.717, 1.165) is 23.0 Å². The lowest BCUT2D eigenvalue weighted by Crippen LogP contribution is -2.51. The zero-order valence-electron chi connectivity index (χ0n) is 19.5. The average Bonchev–Trinajstić information content (AvgIpc) is 2.86. The van der Waals surface area contributed by atoms with Crippen molar-refractivity contribution in [3.63, 3.8) is 0 Å². The van der Waals surface area contributed by atoms with Crippen LogP contribution in [-0.2, 0) is 22.2 Å². The molecule has 2 amide bonds. The minimum absolute atomic E-state index is 0.0549. The number of nitrogens with two attached hydrogens (primary N) is 3. The third kappa shape index (κ3) is 7.23. The summed E-state index contributed by atoms with van der Waals surface area (Å²) in [5, 5.41) is 6.14. The van der Waals surface area contributed by atoms with Crippen LogP contribution in [0.4, 0.5) is 18.9 Å². The second-order valence-corrected chi connectivity index (χ2v) is 8.55. The van der Waals surface area contributed by atoms with E-state index < -0.39 is 35.6 Å². The van der Waals surface area contributed by atoms with Crippen LogP contribution in [0, 0.1) is 5.92 Å². The first-order valence-electron chi connectivity index (χ1n) is 11.4. The fourth-order valence-corrected chi connectivity index (χ4v) is 3.68. The van der Waals surface area contributed by atoms with E-state index in [-0.39, 0.29) is 31.8 Å². The summed E-state index contributed by atoms with van der Waals surface area (Å²) in [4.78, 5) is 30.2. The number of carbonyl (C=O) groups excluding carboxylic acids is 2. The van der Waals surface area contributed by atoms with Crippen LogP contribution in [0.15, 0.2) is 60.8 Å². The number of hydrogen-bond donors (Lipinski definition) is 5. The second-order valence-electron chi connectivity index (χ2n) is 8.55. The number of halogens is 3. The van der Waals surface area contributed by atoms with E-state index in [0.29, 0.717) is 11.3 Å². The van der Waals surface area contributed by atoms with Gasteiger partial charge in [0.05, 0.1) is 29.0 Å². The largest absolute Gasteiger partial charge is 0.416 e. The number of nitrogens with zero attached hydrogens (tertiary/aromatic N) is 1. The summed E-state index contributed by atoms with van der Waals surface area (Å²) in [6.07, 6.45) is -2.83. The van der Waals surface area contributed by atoms with Gasteiger partial charge in [0.15, 0.2) is 0 Å². The predicted molar refractivity (Wildman–Crippen MR) is 132 cm³/mol. The fraction of sp³-hybridized carbons (Fsp3) is 0.320. The SMILES string of the molecule is NCC(CN)CC(N)C(=O)NC(Cc1ccc(C(F)(F)F)cc1)C(=O)Nc1cnc2ccccc2c1. The van der Waals surface area contributed by atoms with Gasteiger partial charge >= 0.3 is 6.18 Å². The van der Waals surface area contributed by atoms with Crippen molar-refractivity contribution in [2.75, 3.05) is 18.4 Å². The Balaban J connectivity index is 1.79. The highest BCUT2D eigenvalue weighted by Gasteiger charge is 2.30. The third-order valence-corrected chi connectivity index (χ3v) is 5.80. The molecule has 3 rings (SSSR count). The number of anilines is 1. The van der Waals surface area contributed by atoms with Crippen LogP contribution in [0.2, 0.25) is 0 Å². The summed E-state index contributed by atoms with van der Waals surface area (Å²) < 4.78 is 38.8. The zero-order valence-corrected chi connectivity index (χ0v) is 19.5. The van der Waals surface area contributed by atoms with Gasteiger partial charge in [-0.15, -0.1) is 0 Å². The quantitative estimate of drug-likeness (QED) is 0.287. The number of hydrogen-bond acceptors (Lipinski definition) is 6. The van der Waals surface area contributed by atoms with Crippen molar-refractivity contribution < 1.29 is 22.8 Å². The van der Waals surface area contributed by atoms with E-state index in [1.807, 2.05) is 24.3 Å². The normalized spacial score (nSPS) is 13.4. The summed E-state index contributed by atoms with van der Waals surface area (Å²) in [5.41, 5.74) is 18.0. The molecule has 0 aliphatic heterocycles. The maximum absolute atomic E-state index is 13.2. The molecule has 0 bridgehead atoms. The van der Waals surface area contributed by atoms with Gasteiger partial charge in [-0.1, -0.05) is 30.3 Å². The van der Waals surface area contributed by atoms with Crippen LogP contribution in [0.5, 0.6) is 0 Å². The Morgan fingerprint density at radius 3 is 2.28 bits per heavy atom. The van der Waals surface area contributed by atoms with Crippen LogP contribution < -0.4 is 27.8 Å². The molecule has 192 valence electrons. The molecule has 0 saturated heterocycles. The van der Waals surface area contributed by atoms with Crippen molar-refractivity contribution in [3.05, 3.63) is 71.9 Å². The van der Waals surface area contributed by atoms with Crippen molar-refractivity contribution in [2.45, 2.75) is 31.1 Å². The molecule has 2 unspecified atom stereocenters. The number of fused-ring (bicyclic) bond motifs is 1. The Hall–Kier alpha value is -3.54. The van der Waals surface area contributed by atoms with Crippen molar-refractivity contribution in [2.24, 2.45) is 23.1 Å². The lowest BCUT2D eigenvalue weighted by molar-refractivity contribution is -0.137. The second kappa shape index (κ2) is 11.9. The first-order chi connectivity index (χ1) is 17.1. The van der Waals surface area contributed by atoms with Gasteiger partial charge in [0, 0.05) is 11.8 Å².